The first-order valence-corrected chi connectivity index (χ1v) is 15.0. The summed E-state index contributed by atoms with van der Waals surface area (Å²) in [6.45, 7) is 9.14. The van der Waals surface area contributed by atoms with Crippen molar-refractivity contribution in [3.8, 4) is 5.75 Å². The van der Waals surface area contributed by atoms with E-state index < -0.39 is 5.97 Å². The van der Waals surface area contributed by atoms with Gasteiger partial charge in [0.1, 0.15) is 12.4 Å². The van der Waals surface area contributed by atoms with Gasteiger partial charge in [-0.1, -0.05) is 0 Å². The number of ether oxygens (including phenoxy) is 5. The van der Waals surface area contributed by atoms with Crippen molar-refractivity contribution < 1.29 is 48.6 Å². The summed E-state index contributed by atoms with van der Waals surface area (Å²) in [6.07, 6.45) is -0.0163. The number of aliphatic hydroxyl groups is 2. The Morgan fingerprint density at radius 2 is 1.36 bits per heavy atom. The zero-order chi connectivity index (χ0) is 31.2. The molecule has 0 aliphatic carbocycles. The zero-order valence-corrected chi connectivity index (χ0v) is 26.2. The Morgan fingerprint density at radius 1 is 0.833 bits per heavy atom. The van der Waals surface area contributed by atoms with Crippen LogP contribution in [0.15, 0.2) is 12.1 Å². The Kier molecular flexibility index (Phi) is 20.3. The fourth-order valence-electron chi connectivity index (χ4n) is 3.57. The number of carbonyl (C=O) groups is 2. The lowest BCUT2D eigenvalue weighted by molar-refractivity contribution is -0.138. The van der Waals surface area contributed by atoms with Crippen LogP contribution in [-0.2, 0) is 41.8 Å². The highest BCUT2D eigenvalue weighted by Crippen LogP contribution is 2.25. The molecule has 0 saturated carbocycles. The van der Waals surface area contributed by atoms with E-state index in [1.807, 2.05) is 7.05 Å². The molecule has 0 unspecified atom stereocenters. The smallest absolute Gasteiger partial charge is 0.305 e. The molecule has 0 atom stereocenters. The number of likely N-dealkylation sites (N-methyl/N-ethyl adjacent to an activating group) is 2. The molecule has 14 heteroatoms. The molecule has 0 saturated heterocycles. The molecule has 0 fully saturated rings. The van der Waals surface area contributed by atoms with Crippen LogP contribution in [0.1, 0.15) is 31.7 Å². The molecular formula is C28H49N3O10S. The van der Waals surface area contributed by atoms with Crippen molar-refractivity contribution in [2.45, 2.75) is 38.2 Å². The predicted octanol–water partition coefficient (Wildman–Crippen LogP) is 0.888. The molecular weight excluding hydrogens is 570 g/mol. The van der Waals surface area contributed by atoms with Crippen molar-refractivity contribution in [3.05, 3.63) is 23.5 Å². The molecule has 242 valence electrons. The van der Waals surface area contributed by atoms with Crippen molar-refractivity contribution in [1.29, 1.82) is 0 Å². The minimum absolute atomic E-state index is 0.0163. The average Bonchev–Trinajstić information content (AvgIpc) is 2.95. The third-order valence-corrected chi connectivity index (χ3v) is 7.08. The summed E-state index contributed by atoms with van der Waals surface area (Å²) in [7, 11) is 3.77. The number of hydrogen-bond donors (Lipinski definition) is 3. The van der Waals surface area contributed by atoms with Crippen LogP contribution in [0, 0.1) is 0 Å². The summed E-state index contributed by atoms with van der Waals surface area (Å²) >= 11 is 1.60. The van der Waals surface area contributed by atoms with Gasteiger partial charge in [-0.05, 0) is 20.9 Å². The summed E-state index contributed by atoms with van der Waals surface area (Å²) in [6, 6.07) is 3.32. The van der Waals surface area contributed by atoms with Crippen LogP contribution in [0.2, 0.25) is 0 Å². The lowest BCUT2D eigenvalue weighted by Gasteiger charge is -2.30. The second-order valence-corrected chi connectivity index (χ2v) is 11.8. The van der Waals surface area contributed by atoms with Gasteiger partial charge in [-0.25, -0.2) is 0 Å². The first-order chi connectivity index (χ1) is 20.1. The Hall–Kier alpha value is -2.04. The molecule has 1 rings (SSSR count). The van der Waals surface area contributed by atoms with Crippen LogP contribution in [0.5, 0.6) is 5.75 Å². The topological polar surface area (TPSA) is 160 Å². The van der Waals surface area contributed by atoms with Crippen molar-refractivity contribution in [2.24, 2.45) is 0 Å². The number of rotatable bonds is 26. The van der Waals surface area contributed by atoms with Crippen LogP contribution < -0.4 is 4.74 Å². The second kappa shape index (κ2) is 22.5. The van der Waals surface area contributed by atoms with Gasteiger partial charge in [0.25, 0.3) is 0 Å². The van der Waals surface area contributed by atoms with E-state index in [1.54, 1.807) is 35.8 Å². The quantitative estimate of drug-likeness (QED) is 0.126. The molecule has 0 aliphatic rings. The van der Waals surface area contributed by atoms with E-state index in [-0.39, 0.29) is 36.9 Å². The van der Waals surface area contributed by atoms with E-state index in [0.717, 1.165) is 6.54 Å². The summed E-state index contributed by atoms with van der Waals surface area (Å²) in [4.78, 5) is 30.9. The lowest BCUT2D eigenvalue weighted by Crippen LogP contribution is -2.38. The molecule has 13 nitrogen and oxygen atoms in total. The molecule has 1 heterocycles. The molecule has 1 aromatic heterocycles. The maximum atomic E-state index is 12.6. The number of carboxylic acids is 1. The van der Waals surface area contributed by atoms with Gasteiger partial charge in [0.05, 0.1) is 89.6 Å². The Morgan fingerprint density at radius 3 is 1.88 bits per heavy atom. The normalized spacial score (nSPS) is 11.7. The average molecular weight is 620 g/mol. The SMILES string of the molecule is CN(CCOc1cc(CO)nc(CO)c1)CC(C)(C)SCC(=O)N(C)CCOCCOCCOCCOCCC(=O)O. The number of carbonyl (C=O) groups excluding carboxylic acids is 1. The van der Waals surface area contributed by atoms with Crippen LogP contribution in [0.25, 0.3) is 0 Å². The molecule has 1 amide bonds. The highest BCUT2D eigenvalue weighted by atomic mass is 32.2. The van der Waals surface area contributed by atoms with Gasteiger partial charge in [-0.15, -0.1) is 11.8 Å². The van der Waals surface area contributed by atoms with Gasteiger partial charge in [-0.3, -0.25) is 14.6 Å². The first-order valence-electron chi connectivity index (χ1n) is 14.0. The van der Waals surface area contributed by atoms with Crippen molar-refractivity contribution >= 4 is 23.6 Å². The maximum Gasteiger partial charge on any atom is 0.305 e. The number of hydrogen-bond acceptors (Lipinski definition) is 12. The minimum Gasteiger partial charge on any atom is -0.492 e. The standard InChI is InChI=1S/C28H49N3O10S/c1-28(2,22-30(3)6-10-41-25-17-23(19-32)29-24(18-25)20-33)42-21-26(34)31(4)7-9-38-12-14-40-16-15-39-13-11-37-8-5-27(35)36/h17-18,32-33H,5-16,19-22H2,1-4H3,(H,35,36). The van der Waals surface area contributed by atoms with Gasteiger partial charge < -0.3 is 48.8 Å². The summed E-state index contributed by atoms with van der Waals surface area (Å²) in [5.74, 6) is 0.0846. The summed E-state index contributed by atoms with van der Waals surface area (Å²) in [5.41, 5.74) is 0.902. The molecule has 3 N–H and O–H groups in total. The number of thioether (sulfide) groups is 1. The molecule has 1 aromatic rings. The molecule has 0 bridgehead atoms. The van der Waals surface area contributed by atoms with E-state index in [9.17, 15) is 19.8 Å². The number of aliphatic carboxylic acids is 1. The second-order valence-electron chi connectivity index (χ2n) is 10.1. The van der Waals surface area contributed by atoms with Gasteiger partial charge in [0.2, 0.25) is 5.91 Å². The first kappa shape index (κ1) is 38.0. The Bertz CT molecular complexity index is 871. The Labute approximate surface area is 253 Å². The van der Waals surface area contributed by atoms with Gasteiger partial charge in [0.15, 0.2) is 0 Å². The summed E-state index contributed by atoms with van der Waals surface area (Å²) < 4.78 is 27.1. The number of pyridine rings is 1. The monoisotopic (exact) mass is 619 g/mol. The fraction of sp³-hybridized carbons (Fsp3) is 0.750. The fourth-order valence-corrected chi connectivity index (χ4v) is 4.62. The van der Waals surface area contributed by atoms with E-state index in [1.165, 1.54) is 0 Å². The predicted molar refractivity (Wildman–Crippen MR) is 159 cm³/mol. The number of aromatic nitrogens is 1. The van der Waals surface area contributed by atoms with Crippen LogP contribution in [0.4, 0.5) is 0 Å². The lowest BCUT2D eigenvalue weighted by atomic mass is 10.2. The zero-order valence-electron chi connectivity index (χ0n) is 25.4. The number of amides is 1. The summed E-state index contributed by atoms with van der Waals surface area (Å²) in [5, 5.41) is 27.1. The maximum absolute atomic E-state index is 12.6. The Balaban J connectivity index is 2.10. The van der Waals surface area contributed by atoms with Crippen molar-refractivity contribution in [3.63, 3.8) is 0 Å². The number of aliphatic hydroxyl groups excluding tert-OH is 2. The van der Waals surface area contributed by atoms with Gasteiger partial charge in [0, 0.05) is 43.6 Å². The van der Waals surface area contributed by atoms with E-state index >= 15 is 0 Å². The highest BCUT2D eigenvalue weighted by molar-refractivity contribution is 8.01. The molecule has 0 aromatic carbocycles. The molecule has 0 aliphatic heterocycles. The van der Waals surface area contributed by atoms with Crippen LogP contribution >= 0.6 is 11.8 Å². The molecule has 0 spiro atoms. The third kappa shape index (κ3) is 19.2. The van der Waals surface area contributed by atoms with E-state index in [4.69, 9.17) is 28.8 Å². The minimum atomic E-state index is -0.885. The molecule has 0 radical (unpaired) electrons. The largest absolute Gasteiger partial charge is 0.492 e. The van der Waals surface area contributed by atoms with Gasteiger partial charge in [-0.2, -0.15) is 0 Å². The van der Waals surface area contributed by atoms with Crippen LogP contribution in [-0.4, -0.2) is 146 Å². The number of nitrogens with zero attached hydrogens (tertiary/aromatic N) is 3. The van der Waals surface area contributed by atoms with Crippen molar-refractivity contribution in [2.75, 3.05) is 98.9 Å². The number of carboxylic acid groups (broad SMARTS) is 1. The van der Waals surface area contributed by atoms with Crippen LogP contribution in [0.3, 0.4) is 0 Å². The molecule has 42 heavy (non-hydrogen) atoms. The third-order valence-electron chi connectivity index (χ3n) is 5.78. The highest BCUT2D eigenvalue weighted by Gasteiger charge is 2.23. The van der Waals surface area contributed by atoms with E-state index in [0.29, 0.717) is 88.8 Å². The van der Waals surface area contributed by atoms with Crippen molar-refractivity contribution in [1.82, 2.24) is 14.8 Å². The van der Waals surface area contributed by atoms with E-state index in [2.05, 4.69) is 23.7 Å². The van der Waals surface area contributed by atoms with Gasteiger partial charge >= 0.3 is 5.97 Å².